The highest BCUT2D eigenvalue weighted by atomic mass is 16.2. The zero-order chi connectivity index (χ0) is 19.1. The molecule has 0 atom stereocenters. The van der Waals surface area contributed by atoms with Gasteiger partial charge in [0, 0.05) is 18.6 Å². The average Bonchev–Trinajstić information content (AvgIpc) is 3.47. The van der Waals surface area contributed by atoms with E-state index in [1.54, 1.807) is 4.90 Å². The Bertz CT molecular complexity index is 726. The average molecular weight is 367 g/mol. The molecule has 3 aliphatic rings. The topological polar surface area (TPSA) is 50.6 Å². The van der Waals surface area contributed by atoms with Gasteiger partial charge in [0.25, 0.3) is 0 Å². The van der Waals surface area contributed by atoms with E-state index in [-0.39, 0.29) is 23.7 Å². The Balaban J connectivity index is 1.60. The minimum atomic E-state index is -0.0924. The van der Waals surface area contributed by atoms with Crippen LogP contribution in [0, 0.1) is 17.2 Å². The number of amides is 2. The molecule has 2 amide bonds. The molecular weight excluding hydrogens is 336 g/mol. The van der Waals surface area contributed by atoms with Crippen LogP contribution < -0.4 is 0 Å². The molecule has 1 aliphatic heterocycles. The third-order valence-corrected chi connectivity index (χ3v) is 7.13. The molecule has 144 valence electrons. The third-order valence-electron chi connectivity index (χ3n) is 7.13. The zero-order valence-electron chi connectivity index (χ0n) is 16.5. The number of nitrogens with zero attached hydrogens (tertiary/aromatic N) is 4. The van der Waals surface area contributed by atoms with Crippen LogP contribution in [0.4, 0.5) is 4.79 Å². The molecule has 0 unspecified atom stereocenters. The minimum Gasteiger partial charge on any atom is -0.317 e. The molecule has 5 nitrogen and oxygen atoms in total. The maximum atomic E-state index is 13.0. The summed E-state index contributed by atoms with van der Waals surface area (Å²) in [5, 5.41) is 9.15. The highest BCUT2D eigenvalue weighted by Crippen LogP contribution is 2.49. The Morgan fingerprint density at radius 1 is 1.15 bits per heavy atom. The van der Waals surface area contributed by atoms with Gasteiger partial charge in [-0.15, -0.1) is 0 Å². The van der Waals surface area contributed by atoms with E-state index in [0.717, 1.165) is 32.2 Å². The summed E-state index contributed by atoms with van der Waals surface area (Å²) in [6.45, 7) is 1.80. The van der Waals surface area contributed by atoms with Gasteiger partial charge in [-0.1, -0.05) is 30.3 Å². The van der Waals surface area contributed by atoms with Gasteiger partial charge in [0.1, 0.15) is 6.54 Å². The lowest BCUT2D eigenvalue weighted by Gasteiger charge is -2.51. The molecule has 1 saturated heterocycles. The number of nitriles is 1. The van der Waals surface area contributed by atoms with Gasteiger partial charge < -0.3 is 9.80 Å². The second-order valence-corrected chi connectivity index (χ2v) is 8.87. The van der Waals surface area contributed by atoms with Crippen molar-refractivity contribution < 1.29 is 4.79 Å². The van der Waals surface area contributed by atoms with E-state index in [1.807, 2.05) is 0 Å². The van der Waals surface area contributed by atoms with Crippen molar-refractivity contribution in [2.45, 2.75) is 49.6 Å². The Kier molecular flexibility index (Phi) is 4.63. The van der Waals surface area contributed by atoms with Gasteiger partial charge in [-0.25, -0.2) is 4.79 Å². The van der Waals surface area contributed by atoms with Crippen LogP contribution in [0.2, 0.25) is 0 Å². The fourth-order valence-corrected chi connectivity index (χ4v) is 5.22. The molecule has 1 aromatic carbocycles. The third kappa shape index (κ3) is 3.10. The monoisotopic (exact) mass is 366 g/mol. The van der Waals surface area contributed by atoms with Gasteiger partial charge in [-0.2, -0.15) is 5.26 Å². The van der Waals surface area contributed by atoms with Crippen LogP contribution in [0.1, 0.15) is 44.1 Å². The summed E-state index contributed by atoms with van der Waals surface area (Å²) in [4.78, 5) is 19.3. The molecular formula is C22H30N4O. The van der Waals surface area contributed by atoms with Crippen molar-refractivity contribution in [1.82, 2.24) is 14.7 Å². The van der Waals surface area contributed by atoms with E-state index < -0.39 is 0 Å². The largest absolute Gasteiger partial charge is 0.321 e. The van der Waals surface area contributed by atoms with E-state index >= 15 is 0 Å². The molecule has 4 rings (SSSR count). The SMILES string of the molecule is CN(C)[C@]1(c2ccccc2)CC[C@]2(CC1)CN(CC#N)C(=O)N2CC1CC1. The summed E-state index contributed by atoms with van der Waals surface area (Å²) in [7, 11) is 4.35. The molecule has 3 fully saturated rings. The van der Waals surface area contributed by atoms with E-state index in [1.165, 1.54) is 18.4 Å². The fourth-order valence-electron chi connectivity index (χ4n) is 5.22. The van der Waals surface area contributed by atoms with Gasteiger partial charge in [0.2, 0.25) is 0 Å². The smallest absolute Gasteiger partial charge is 0.317 e. The van der Waals surface area contributed by atoms with Crippen LogP contribution in [0.5, 0.6) is 0 Å². The van der Waals surface area contributed by atoms with Crippen molar-refractivity contribution in [2.75, 3.05) is 33.7 Å². The maximum Gasteiger partial charge on any atom is 0.321 e. The molecule has 0 N–H and O–H groups in total. The Morgan fingerprint density at radius 2 is 1.81 bits per heavy atom. The number of rotatable bonds is 5. The van der Waals surface area contributed by atoms with Gasteiger partial charge in [-0.3, -0.25) is 4.90 Å². The lowest BCUT2D eigenvalue weighted by atomic mass is 9.68. The standard InChI is InChI=1S/C22H30N4O/c1-24(2)22(19-6-4-3-5-7-19)12-10-21(11-13-22)17-25(15-14-23)20(27)26(21)16-18-8-9-18/h3-7,18H,8-13,15-17H2,1-2H3/t21-,22+. The van der Waals surface area contributed by atoms with Gasteiger partial charge >= 0.3 is 6.03 Å². The molecule has 2 saturated carbocycles. The number of hydrogen-bond acceptors (Lipinski definition) is 3. The van der Waals surface area contributed by atoms with Gasteiger partial charge in [0.05, 0.1) is 11.6 Å². The van der Waals surface area contributed by atoms with Crippen molar-refractivity contribution >= 4 is 6.03 Å². The van der Waals surface area contributed by atoms with Gasteiger partial charge in [-0.05, 0) is 64.1 Å². The number of benzene rings is 1. The second kappa shape index (κ2) is 6.83. The molecule has 0 bridgehead atoms. The summed E-state index contributed by atoms with van der Waals surface area (Å²) in [6.07, 6.45) is 6.56. The molecule has 0 aromatic heterocycles. The van der Waals surface area contributed by atoms with Crippen molar-refractivity contribution in [3.05, 3.63) is 35.9 Å². The second-order valence-electron chi connectivity index (χ2n) is 8.87. The molecule has 0 radical (unpaired) electrons. The number of carbonyl (C=O) groups is 1. The van der Waals surface area contributed by atoms with Crippen LogP contribution in [0.25, 0.3) is 0 Å². The predicted molar refractivity (Wildman–Crippen MR) is 105 cm³/mol. The number of urea groups is 1. The molecule has 1 spiro atoms. The lowest BCUT2D eigenvalue weighted by Crippen LogP contribution is -2.55. The Hall–Kier alpha value is -2.06. The molecule has 2 aliphatic carbocycles. The van der Waals surface area contributed by atoms with Crippen LogP contribution in [0.3, 0.4) is 0 Å². The van der Waals surface area contributed by atoms with Crippen LogP contribution in [-0.4, -0.2) is 60.0 Å². The summed E-state index contributed by atoms with van der Waals surface area (Å²) in [6, 6.07) is 13.1. The van der Waals surface area contributed by atoms with Crippen molar-refractivity contribution in [1.29, 1.82) is 5.26 Å². The summed E-state index contributed by atoms with van der Waals surface area (Å²) in [5.74, 6) is 0.669. The highest BCUT2D eigenvalue weighted by molar-refractivity contribution is 5.78. The Morgan fingerprint density at radius 3 is 2.37 bits per heavy atom. The molecule has 1 heterocycles. The summed E-state index contributed by atoms with van der Waals surface area (Å²) >= 11 is 0. The lowest BCUT2D eigenvalue weighted by molar-refractivity contribution is 0.0235. The van der Waals surface area contributed by atoms with E-state index in [9.17, 15) is 4.79 Å². The first-order valence-electron chi connectivity index (χ1n) is 10.2. The molecule has 5 heteroatoms. The molecule has 27 heavy (non-hydrogen) atoms. The number of carbonyl (C=O) groups excluding carboxylic acids is 1. The Labute approximate surface area is 162 Å². The molecule has 1 aromatic rings. The van der Waals surface area contributed by atoms with E-state index in [4.69, 9.17) is 5.26 Å². The zero-order valence-corrected chi connectivity index (χ0v) is 16.5. The van der Waals surface area contributed by atoms with Gasteiger partial charge in [0.15, 0.2) is 0 Å². The normalized spacial score (nSPS) is 31.0. The first-order valence-corrected chi connectivity index (χ1v) is 10.2. The quantitative estimate of drug-likeness (QED) is 0.750. The first kappa shape index (κ1) is 18.3. The van der Waals surface area contributed by atoms with Crippen molar-refractivity contribution in [3.8, 4) is 6.07 Å². The van der Waals surface area contributed by atoms with E-state index in [0.29, 0.717) is 12.5 Å². The van der Waals surface area contributed by atoms with Crippen LogP contribution in [0.15, 0.2) is 30.3 Å². The minimum absolute atomic E-state index is 0.0312. The van der Waals surface area contributed by atoms with Crippen LogP contribution in [-0.2, 0) is 5.54 Å². The fraction of sp³-hybridized carbons (Fsp3) is 0.636. The predicted octanol–water partition coefficient (Wildman–Crippen LogP) is 3.43. The van der Waals surface area contributed by atoms with E-state index in [2.05, 4.69) is 60.3 Å². The summed E-state index contributed by atoms with van der Waals surface area (Å²) in [5.41, 5.74) is 1.31. The van der Waals surface area contributed by atoms with Crippen LogP contribution >= 0.6 is 0 Å². The first-order chi connectivity index (χ1) is 13.0. The van der Waals surface area contributed by atoms with Crippen molar-refractivity contribution in [3.63, 3.8) is 0 Å². The maximum absolute atomic E-state index is 13.0. The number of hydrogen-bond donors (Lipinski definition) is 0. The summed E-state index contributed by atoms with van der Waals surface area (Å²) < 4.78 is 0. The van der Waals surface area contributed by atoms with Crippen molar-refractivity contribution in [2.24, 2.45) is 5.92 Å². The highest BCUT2D eigenvalue weighted by Gasteiger charge is 2.55.